The van der Waals surface area contributed by atoms with E-state index >= 15 is 0 Å². The van der Waals surface area contributed by atoms with Crippen LogP contribution >= 0.6 is 21.6 Å². The van der Waals surface area contributed by atoms with Gasteiger partial charge in [-0.05, 0) is 48.5 Å². The van der Waals surface area contributed by atoms with Crippen LogP contribution in [0.3, 0.4) is 0 Å². The van der Waals surface area contributed by atoms with E-state index in [4.69, 9.17) is 19.9 Å². The molecule has 6 aliphatic heterocycles. The van der Waals surface area contributed by atoms with E-state index in [-0.39, 0.29) is 39.3 Å². The van der Waals surface area contributed by atoms with E-state index in [1.807, 2.05) is 68.1 Å². The van der Waals surface area contributed by atoms with E-state index in [1.54, 1.807) is 43.3 Å². The molecule has 28 heteroatoms. The number of carboxylic acid groups (broad SMARTS) is 4. The quantitative estimate of drug-likeness (QED) is 0.134. The zero-order chi connectivity index (χ0) is 57.0. The molecule has 2 fully saturated rings. The van der Waals surface area contributed by atoms with Crippen LogP contribution in [-0.2, 0) is 58.4 Å². The Balaban J connectivity index is 1.01. The average molecular weight is 1160 g/mol. The molecule has 6 aromatic heterocycles. The van der Waals surface area contributed by atoms with Crippen molar-refractivity contribution in [2.75, 3.05) is 131 Å². The third-order valence-corrected chi connectivity index (χ3v) is 17.2. The highest BCUT2D eigenvalue weighted by molar-refractivity contribution is 8.76. The van der Waals surface area contributed by atoms with Crippen molar-refractivity contribution < 1.29 is 39.6 Å². The molecule has 0 saturated carbocycles. The second-order valence-corrected chi connectivity index (χ2v) is 23.4. The maximum atomic E-state index is 12.2. The Kier molecular flexibility index (Phi) is 19.9. The molecule has 4 N–H and O–H groups in total. The van der Waals surface area contributed by atoms with Crippen LogP contribution in [-0.4, -0.2) is 264 Å². The van der Waals surface area contributed by atoms with Gasteiger partial charge in [0.05, 0.1) is 97.2 Å². The van der Waals surface area contributed by atoms with E-state index in [0.717, 1.165) is 44.0 Å². The summed E-state index contributed by atoms with van der Waals surface area (Å²) in [6, 6.07) is 19.9. The number of hydrogen-bond acceptors (Lipinski definition) is 22. The highest BCUT2D eigenvalue weighted by Crippen LogP contribution is 2.39. The number of carbonyl (C=O) groups is 4. The van der Waals surface area contributed by atoms with E-state index in [9.17, 15) is 39.6 Å². The molecule has 0 radical (unpaired) electrons. The topological polar surface area (TPSA) is 288 Å². The lowest BCUT2D eigenvalue weighted by atomic mass is 10.2. The van der Waals surface area contributed by atoms with Crippen LogP contribution in [0.25, 0.3) is 22.8 Å². The van der Waals surface area contributed by atoms with Gasteiger partial charge >= 0.3 is 23.9 Å². The maximum Gasteiger partial charge on any atom is 0.317 e. The molecule has 0 spiro atoms. The smallest absolute Gasteiger partial charge is 0.317 e. The van der Waals surface area contributed by atoms with Gasteiger partial charge < -0.3 is 20.4 Å². The average Bonchev–Trinajstić information content (AvgIpc) is 4.32. The minimum atomic E-state index is -0.910. The van der Waals surface area contributed by atoms with Crippen LogP contribution in [0.5, 0.6) is 0 Å². The lowest BCUT2D eigenvalue weighted by Crippen LogP contribution is -2.47. The summed E-state index contributed by atoms with van der Waals surface area (Å²) >= 11 is 0. The fraction of sp³-hybridized carbons (Fsp3) is 0.481. The third-order valence-electron chi connectivity index (χ3n) is 14.9. The lowest BCUT2D eigenvalue weighted by Gasteiger charge is -2.33. The molecule has 6 aromatic rings. The number of nitrogens with zero attached hydrogens (tertiary/aromatic N) is 18. The van der Waals surface area contributed by atoms with Gasteiger partial charge in [0.1, 0.15) is 11.4 Å². The van der Waals surface area contributed by atoms with Crippen LogP contribution < -0.4 is 0 Å². The van der Waals surface area contributed by atoms with Crippen LogP contribution in [0, 0.1) is 0 Å². The molecule has 0 aliphatic carbocycles. The van der Waals surface area contributed by atoms with Crippen LogP contribution in [0.1, 0.15) is 34.2 Å². The minimum Gasteiger partial charge on any atom is -0.480 e. The lowest BCUT2D eigenvalue weighted by molar-refractivity contribution is -0.139. The Bertz CT molecular complexity index is 2920. The van der Waals surface area contributed by atoms with Crippen molar-refractivity contribution in [3.05, 3.63) is 107 Å². The monoisotopic (exact) mass is 1160 g/mol. The van der Waals surface area contributed by atoms with Gasteiger partial charge in [-0.3, -0.25) is 68.3 Å². The standard InChI is InChI=1S/C54H68N18O8S2/c73-51(74)35-67-15-7-63-8-16-68(36-52(75)76)20-12-65(11-19-67)31-41-23-45(25-43(57-41)33-71-49(27-55-61-71)47-5-1-3-39(29-63)59-47)81-82-46-24-42-32-66-13-21-69(37-53(77)78)17-9-64(10-18-70(22-14-66)38-54(79)80)30-40-4-2-6-48(60-40)50-28-56-62-72(50)34-44(26-46)58-42/h1-6,23-28H,7-22,29-38H2,(H,73,74)(H,75,76)(H,77,78)(H,79,80). The molecule has 82 heavy (non-hydrogen) atoms. The van der Waals surface area contributed by atoms with E-state index in [0.29, 0.717) is 154 Å². The fourth-order valence-electron chi connectivity index (χ4n) is 10.7. The molecule has 12 bridgehead atoms. The maximum absolute atomic E-state index is 12.2. The van der Waals surface area contributed by atoms with E-state index in [2.05, 4.69) is 52.4 Å². The van der Waals surface area contributed by atoms with E-state index < -0.39 is 23.9 Å². The highest BCUT2D eigenvalue weighted by atomic mass is 33.1. The van der Waals surface area contributed by atoms with Crippen molar-refractivity contribution >= 4 is 45.5 Å². The first-order valence-corrected chi connectivity index (χ1v) is 29.6. The highest BCUT2D eigenvalue weighted by Gasteiger charge is 2.25. The Labute approximate surface area is 482 Å². The summed E-state index contributed by atoms with van der Waals surface area (Å²) in [6.07, 6.45) is 3.39. The molecule has 0 aromatic carbocycles. The van der Waals surface area contributed by atoms with Crippen LogP contribution in [0.4, 0.5) is 0 Å². The molecule has 434 valence electrons. The molecular formula is C54H68N18O8S2. The fourth-order valence-corrected chi connectivity index (χ4v) is 12.8. The van der Waals surface area contributed by atoms with Crippen molar-refractivity contribution in [2.24, 2.45) is 0 Å². The van der Waals surface area contributed by atoms with Crippen molar-refractivity contribution in [3.63, 3.8) is 0 Å². The number of pyridine rings is 4. The Morgan fingerprint density at radius 2 is 0.671 bits per heavy atom. The molecule has 6 aliphatic rings. The molecule has 0 unspecified atom stereocenters. The Morgan fingerprint density at radius 1 is 0.378 bits per heavy atom. The van der Waals surface area contributed by atoms with Crippen LogP contribution in [0.2, 0.25) is 0 Å². The predicted octanol–water partition coefficient (Wildman–Crippen LogP) is 1.49. The van der Waals surface area contributed by atoms with Gasteiger partial charge in [0.15, 0.2) is 0 Å². The van der Waals surface area contributed by atoms with E-state index in [1.165, 1.54) is 0 Å². The summed E-state index contributed by atoms with van der Waals surface area (Å²) in [7, 11) is 3.11. The molecule has 0 atom stereocenters. The largest absolute Gasteiger partial charge is 0.480 e. The Hall–Kier alpha value is -6.86. The van der Waals surface area contributed by atoms with Gasteiger partial charge in [-0.15, -0.1) is 10.2 Å². The molecule has 26 nitrogen and oxygen atoms in total. The second kappa shape index (κ2) is 27.9. The normalized spacial score (nSPS) is 21.3. The van der Waals surface area contributed by atoms with Gasteiger partial charge in [0.25, 0.3) is 0 Å². The number of aliphatic carboxylic acids is 4. The van der Waals surface area contributed by atoms with Gasteiger partial charge in [0.2, 0.25) is 0 Å². The summed E-state index contributed by atoms with van der Waals surface area (Å²) in [5, 5.41) is 57.8. The number of rotatable bonds is 11. The molecule has 0 amide bonds. The molecule has 12 heterocycles. The first kappa shape index (κ1) is 58.3. The van der Waals surface area contributed by atoms with Crippen molar-refractivity contribution in [3.8, 4) is 22.8 Å². The number of hydrogen-bond donors (Lipinski definition) is 4. The van der Waals surface area contributed by atoms with Crippen LogP contribution in [0.15, 0.2) is 82.8 Å². The first-order chi connectivity index (χ1) is 39.8. The van der Waals surface area contributed by atoms with Gasteiger partial charge in [0, 0.05) is 141 Å². The number of carboxylic acids is 4. The second-order valence-electron chi connectivity index (χ2n) is 21.1. The number of aromatic nitrogens is 10. The van der Waals surface area contributed by atoms with Crippen molar-refractivity contribution in [2.45, 2.75) is 49.1 Å². The van der Waals surface area contributed by atoms with Gasteiger partial charge in [-0.2, -0.15) is 0 Å². The summed E-state index contributed by atoms with van der Waals surface area (Å²) in [4.78, 5) is 88.0. The Morgan fingerprint density at radius 3 is 0.976 bits per heavy atom. The number of fused-ring (bicyclic) bond motifs is 16. The minimum absolute atomic E-state index is 0.124. The summed E-state index contributed by atoms with van der Waals surface area (Å²) in [5.74, 6) is -3.64. The molecule has 12 rings (SSSR count). The zero-order valence-corrected chi connectivity index (χ0v) is 47.2. The molecular weight excluding hydrogens is 1090 g/mol. The van der Waals surface area contributed by atoms with Crippen molar-refractivity contribution in [1.29, 1.82) is 0 Å². The van der Waals surface area contributed by atoms with Crippen molar-refractivity contribution in [1.82, 2.24) is 89.1 Å². The summed E-state index contributed by atoms with van der Waals surface area (Å²) < 4.78 is 3.61. The molecule has 2 saturated heterocycles. The zero-order valence-electron chi connectivity index (χ0n) is 45.6. The predicted molar refractivity (Wildman–Crippen MR) is 302 cm³/mol. The summed E-state index contributed by atoms with van der Waals surface area (Å²) in [5.41, 5.74) is 7.34. The third kappa shape index (κ3) is 16.9. The SMILES string of the molecule is O=C(O)CN1CCN2CCN(CC(=O)O)CCN(CC1)Cc1cccc(n1)-c1cnnn1Cc1cc(SSc3cc4nc(c3)Cn3nncc3-c3cccc(n3)CN3CCN(CC(=O)O)CCN(CCN(CC(=O)O)CC3)C4)cc(n1)C2. The van der Waals surface area contributed by atoms with Gasteiger partial charge in [-0.1, -0.05) is 44.1 Å². The van der Waals surface area contributed by atoms with Gasteiger partial charge in [-0.25, -0.2) is 19.3 Å². The first-order valence-electron chi connectivity index (χ1n) is 27.5. The summed E-state index contributed by atoms with van der Waals surface area (Å²) in [6.45, 7) is 9.85.